The Bertz CT molecular complexity index is 969. The molecule has 4 nitrogen and oxygen atoms in total. The second-order valence-electron chi connectivity index (χ2n) is 8.74. The van der Waals surface area contributed by atoms with Crippen LogP contribution in [0.1, 0.15) is 46.1 Å². The van der Waals surface area contributed by atoms with Crippen molar-refractivity contribution in [1.29, 1.82) is 5.41 Å². The maximum absolute atomic E-state index is 8.54. The van der Waals surface area contributed by atoms with E-state index in [0.717, 1.165) is 10.6 Å². The molecule has 0 bridgehead atoms. The molecular formula is C25H30ClN3O. The Morgan fingerprint density at radius 2 is 1.87 bits per heavy atom. The van der Waals surface area contributed by atoms with Crippen LogP contribution in [0, 0.1) is 5.41 Å². The van der Waals surface area contributed by atoms with Crippen LogP contribution in [0.5, 0.6) is 0 Å². The van der Waals surface area contributed by atoms with Crippen LogP contribution in [-0.2, 0) is 4.74 Å². The fourth-order valence-electron chi connectivity index (χ4n) is 3.87. The van der Waals surface area contributed by atoms with Crippen LogP contribution in [0.2, 0.25) is 0 Å². The van der Waals surface area contributed by atoms with Crippen LogP contribution < -0.4 is 0 Å². The van der Waals surface area contributed by atoms with Crippen LogP contribution >= 0.6 is 11.6 Å². The number of benzene rings is 1. The van der Waals surface area contributed by atoms with Crippen LogP contribution in [0.25, 0.3) is 11.1 Å². The third-order valence-electron chi connectivity index (χ3n) is 5.07. The summed E-state index contributed by atoms with van der Waals surface area (Å²) >= 11 is 6.31. The maximum Gasteiger partial charge on any atom is 0.285 e. The van der Waals surface area contributed by atoms with E-state index in [1.165, 1.54) is 22.3 Å². The quantitative estimate of drug-likeness (QED) is 0.461. The van der Waals surface area contributed by atoms with Gasteiger partial charge in [-0.3, -0.25) is 10.4 Å². The zero-order chi connectivity index (χ0) is 21.9. The Labute approximate surface area is 184 Å². The van der Waals surface area contributed by atoms with Crippen molar-refractivity contribution < 1.29 is 4.74 Å². The number of nitrogens with zero attached hydrogens (tertiary/aromatic N) is 2. The van der Waals surface area contributed by atoms with Crippen LogP contribution in [0.3, 0.4) is 0 Å². The number of nitrogens with one attached hydrogen (secondary N) is 1. The second-order valence-corrected chi connectivity index (χ2v) is 9.34. The summed E-state index contributed by atoms with van der Waals surface area (Å²) in [5.74, 6) is 0.0701. The Balaban J connectivity index is 2.08. The van der Waals surface area contributed by atoms with Gasteiger partial charge in [0.25, 0.3) is 6.02 Å². The van der Waals surface area contributed by atoms with Gasteiger partial charge in [-0.15, -0.1) is 0 Å². The van der Waals surface area contributed by atoms with Gasteiger partial charge in [-0.1, -0.05) is 35.9 Å². The monoisotopic (exact) mass is 423 g/mol. The lowest BCUT2D eigenvalue weighted by Gasteiger charge is -2.38. The van der Waals surface area contributed by atoms with Crippen molar-refractivity contribution in [3.8, 4) is 11.1 Å². The lowest BCUT2D eigenvalue weighted by molar-refractivity contribution is 0.0846. The lowest BCUT2D eigenvalue weighted by Crippen LogP contribution is -2.43. The predicted octanol–water partition coefficient (Wildman–Crippen LogP) is 6.36. The van der Waals surface area contributed by atoms with Crippen molar-refractivity contribution in [2.24, 2.45) is 0 Å². The van der Waals surface area contributed by atoms with Crippen LogP contribution in [-0.4, -0.2) is 34.6 Å². The number of amidine groups is 1. The number of allylic oxidation sites excluding steroid dienone is 2. The molecule has 1 aromatic carbocycles. The van der Waals surface area contributed by atoms with Crippen LogP contribution in [0.15, 0.2) is 71.0 Å². The second kappa shape index (κ2) is 9.05. The van der Waals surface area contributed by atoms with Crippen LogP contribution in [0.4, 0.5) is 0 Å². The van der Waals surface area contributed by atoms with Gasteiger partial charge in [0.2, 0.25) is 0 Å². The van der Waals surface area contributed by atoms with Gasteiger partial charge in [-0.2, -0.15) is 0 Å². The van der Waals surface area contributed by atoms with E-state index >= 15 is 0 Å². The molecule has 0 spiro atoms. The topological polar surface area (TPSA) is 49.2 Å². The van der Waals surface area contributed by atoms with Gasteiger partial charge in [0.15, 0.2) is 0 Å². The molecule has 1 atom stereocenters. The first-order valence-corrected chi connectivity index (χ1v) is 10.6. The molecule has 0 fully saturated rings. The van der Waals surface area contributed by atoms with Gasteiger partial charge in [0.1, 0.15) is 5.60 Å². The van der Waals surface area contributed by atoms with Crippen molar-refractivity contribution >= 4 is 17.6 Å². The van der Waals surface area contributed by atoms with E-state index in [2.05, 4.69) is 42.2 Å². The zero-order valence-corrected chi connectivity index (χ0v) is 19.1. The molecular weight excluding hydrogens is 394 g/mol. The van der Waals surface area contributed by atoms with Crippen molar-refractivity contribution in [2.45, 2.75) is 46.1 Å². The van der Waals surface area contributed by atoms with Gasteiger partial charge in [0.05, 0.1) is 0 Å². The number of hydrogen-bond donors (Lipinski definition) is 1. The maximum atomic E-state index is 8.54. The van der Waals surface area contributed by atoms with Gasteiger partial charge >= 0.3 is 0 Å². The Kier molecular flexibility index (Phi) is 6.67. The average Bonchev–Trinajstić information content (AvgIpc) is 2.68. The van der Waals surface area contributed by atoms with Crippen molar-refractivity contribution in [2.75, 3.05) is 13.1 Å². The fraction of sp³-hybridized carbons (Fsp3) is 0.360. The van der Waals surface area contributed by atoms with Gasteiger partial charge < -0.3 is 9.64 Å². The lowest BCUT2D eigenvalue weighted by atomic mass is 9.81. The summed E-state index contributed by atoms with van der Waals surface area (Å²) in [5.41, 5.74) is 5.50. The summed E-state index contributed by atoms with van der Waals surface area (Å²) in [6, 6.07) is 12.7. The Morgan fingerprint density at radius 1 is 1.20 bits per heavy atom. The third kappa shape index (κ3) is 5.31. The molecule has 1 aromatic heterocycles. The zero-order valence-electron chi connectivity index (χ0n) is 18.4. The van der Waals surface area contributed by atoms with E-state index in [1.54, 1.807) is 0 Å². The molecule has 1 N–H and O–H groups in total. The summed E-state index contributed by atoms with van der Waals surface area (Å²) in [6.45, 7) is 11.2. The smallest absolute Gasteiger partial charge is 0.285 e. The third-order valence-corrected chi connectivity index (χ3v) is 5.18. The van der Waals surface area contributed by atoms with Crippen molar-refractivity contribution in [3.05, 3.63) is 76.6 Å². The molecule has 1 unspecified atom stereocenters. The first-order valence-electron chi connectivity index (χ1n) is 10.2. The molecule has 1 aliphatic rings. The first-order chi connectivity index (χ1) is 14.2. The summed E-state index contributed by atoms with van der Waals surface area (Å²) in [5, 5.41) is 9.29. The minimum atomic E-state index is -0.411. The number of ether oxygens (including phenoxy) is 1. The molecule has 0 saturated carbocycles. The number of pyridine rings is 1. The number of hydrogen-bond acceptors (Lipinski definition) is 3. The molecule has 158 valence electrons. The highest BCUT2D eigenvalue weighted by Gasteiger charge is 2.31. The number of aromatic nitrogens is 1. The highest BCUT2D eigenvalue weighted by Crippen LogP contribution is 2.39. The predicted molar refractivity (Wildman–Crippen MR) is 125 cm³/mol. The molecule has 2 heterocycles. The fourth-order valence-corrected chi connectivity index (χ4v) is 3.98. The molecule has 0 saturated heterocycles. The summed E-state index contributed by atoms with van der Waals surface area (Å²) in [7, 11) is 0. The normalized spacial score (nSPS) is 17.9. The SMILES string of the molecule is CC1=C(/C=C(\C)Cl)C(c2ccccc2-c2ccncc2)CN(C(=N)OC(C)(C)C)C1. The summed E-state index contributed by atoms with van der Waals surface area (Å²) in [6.07, 6.45) is 5.70. The molecule has 0 aliphatic carbocycles. The first kappa shape index (κ1) is 22.1. The van der Waals surface area contributed by atoms with E-state index < -0.39 is 5.60 Å². The molecule has 3 rings (SSSR count). The molecule has 2 aromatic rings. The van der Waals surface area contributed by atoms with E-state index in [9.17, 15) is 0 Å². The minimum Gasteiger partial charge on any atom is -0.460 e. The van der Waals surface area contributed by atoms with Crippen molar-refractivity contribution in [1.82, 2.24) is 9.88 Å². The number of halogens is 1. The molecule has 1 aliphatic heterocycles. The van der Waals surface area contributed by atoms with Gasteiger partial charge in [-0.05, 0) is 80.7 Å². The molecule has 0 amide bonds. The largest absolute Gasteiger partial charge is 0.460 e. The van der Waals surface area contributed by atoms with E-state index in [-0.39, 0.29) is 11.9 Å². The standard InChI is InChI=1S/C25H30ClN3O/c1-17-15-29(24(27)30-25(3,4)5)16-23(22(17)14-18(2)26)21-9-7-6-8-20(21)19-10-12-28-13-11-19/h6-14,23,27H,15-16H2,1-5H3/b18-14+,27-24?. The van der Waals surface area contributed by atoms with Gasteiger partial charge in [-0.25, -0.2) is 0 Å². The van der Waals surface area contributed by atoms with E-state index in [4.69, 9.17) is 21.7 Å². The Morgan fingerprint density at radius 3 is 2.50 bits per heavy atom. The van der Waals surface area contributed by atoms with E-state index in [0.29, 0.717) is 13.1 Å². The summed E-state index contributed by atoms with van der Waals surface area (Å²) in [4.78, 5) is 6.17. The van der Waals surface area contributed by atoms with E-state index in [1.807, 2.05) is 57.1 Å². The average molecular weight is 424 g/mol. The summed E-state index contributed by atoms with van der Waals surface area (Å²) < 4.78 is 5.88. The van der Waals surface area contributed by atoms with Gasteiger partial charge in [0, 0.05) is 36.4 Å². The minimum absolute atomic E-state index is 0.0701. The van der Waals surface area contributed by atoms with Crippen molar-refractivity contribution in [3.63, 3.8) is 0 Å². The highest BCUT2D eigenvalue weighted by atomic mass is 35.5. The molecule has 30 heavy (non-hydrogen) atoms. The number of rotatable bonds is 3. The highest BCUT2D eigenvalue weighted by molar-refractivity contribution is 6.29. The Hall–Kier alpha value is -2.59. The molecule has 0 radical (unpaired) electrons. The molecule has 5 heteroatoms.